The predicted octanol–water partition coefficient (Wildman–Crippen LogP) is 4.55. The van der Waals surface area contributed by atoms with Crippen molar-refractivity contribution in [3.8, 4) is 0 Å². The topological polar surface area (TPSA) is 78.5 Å². The largest absolute Gasteiger partial charge is 0.351 e. The molecule has 0 atom stereocenters. The highest BCUT2D eigenvalue weighted by molar-refractivity contribution is 5.91. The van der Waals surface area contributed by atoms with E-state index in [1.807, 2.05) is 24.3 Å². The molecule has 0 radical (unpaired) electrons. The quantitative estimate of drug-likeness (QED) is 0.472. The molecule has 3 N–H and O–H groups in total. The van der Waals surface area contributed by atoms with Crippen molar-refractivity contribution >= 4 is 28.5 Å². The lowest BCUT2D eigenvalue weighted by Crippen LogP contribution is -2.21. The molecule has 0 aliphatic heterocycles. The number of nitrogens with zero attached hydrogens (tertiary/aromatic N) is 3. The maximum atomic E-state index is 4.80. The summed E-state index contributed by atoms with van der Waals surface area (Å²) in [5, 5.41) is 15.5. The highest BCUT2D eigenvalue weighted by Gasteiger charge is 2.26. The second-order valence-electron chi connectivity index (χ2n) is 8.04. The Balaban J connectivity index is 1.30. The summed E-state index contributed by atoms with van der Waals surface area (Å²) in [7, 11) is 0. The van der Waals surface area contributed by atoms with Gasteiger partial charge in [0, 0.05) is 29.1 Å². The van der Waals surface area contributed by atoms with Crippen molar-refractivity contribution in [3.63, 3.8) is 0 Å². The summed E-state index contributed by atoms with van der Waals surface area (Å²) >= 11 is 0. The van der Waals surface area contributed by atoms with Gasteiger partial charge in [-0.1, -0.05) is 36.4 Å². The van der Waals surface area contributed by atoms with Gasteiger partial charge in [0.2, 0.25) is 5.95 Å². The summed E-state index contributed by atoms with van der Waals surface area (Å²) < 4.78 is 0. The average Bonchev–Trinajstić information content (AvgIpc) is 3.34. The van der Waals surface area contributed by atoms with E-state index in [4.69, 9.17) is 9.97 Å². The van der Waals surface area contributed by atoms with E-state index in [0.717, 1.165) is 35.4 Å². The normalized spacial score (nSPS) is 16.1. The Labute approximate surface area is 168 Å². The van der Waals surface area contributed by atoms with Crippen LogP contribution >= 0.6 is 0 Å². The van der Waals surface area contributed by atoms with E-state index in [1.54, 1.807) is 0 Å². The van der Waals surface area contributed by atoms with Crippen LogP contribution in [0.4, 0.5) is 17.6 Å². The van der Waals surface area contributed by atoms with Crippen molar-refractivity contribution in [3.05, 3.63) is 71.4 Å². The number of fused-ring (bicyclic) bond motifs is 2. The van der Waals surface area contributed by atoms with Crippen molar-refractivity contribution in [2.24, 2.45) is 0 Å². The number of hydrogen-bond donors (Lipinski definition) is 3. The lowest BCUT2D eigenvalue weighted by Gasteiger charge is -2.14. The van der Waals surface area contributed by atoms with Gasteiger partial charge in [-0.05, 0) is 48.9 Å². The zero-order valence-corrected chi connectivity index (χ0v) is 16.0. The number of aromatic amines is 1. The van der Waals surface area contributed by atoms with Crippen LogP contribution in [-0.4, -0.2) is 26.2 Å². The first-order valence-corrected chi connectivity index (χ1v) is 10.2. The van der Waals surface area contributed by atoms with Crippen LogP contribution in [0.2, 0.25) is 0 Å². The van der Waals surface area contributed by atoms with Gasteiger partial charge in [-0.3, -0.25) is 5.10 Å². The fraction of sp³-hybridized carbons (Fsp3) is 0.261. The third-order valence-corrected chi connectivity index (χ3v) is 5.85. The van der Waals surface area contributed by atoms with Crippen molar-refractivity contribution in [1.29, 1.82) is 0 Å². The van der Waals surface area contributed by atoms with Gasteiger partial charge in [0.05, 0.1) is 5.52 Å². The van der Waals surface area contributed by atoms with Crippen LogP contribution in [0.15, 0.2) is 54.6 Å². The molecule has 2 aromatic carbocycles. The van der Waals surface area contributed by atoms with Gasteiger partial charge >= 0.3 is 0 Å². The average molecular weight is 382 g/mol. The fourth-order valence-electron chi connectivity index (χ4n) is 4.21. The molecular weight excluding hydrogens is 360 g/mol. The first-order valence-electron chi connectivity index (χ1n) is 10.2. The Hall–Kier alpha value is -3.41. The van der Waals surface area contributed by atoms with Crippen LogP contribution in [0, 0.1) is 0 Å². The Morgan fingerprint density at radius 2 is 1.66 bits per heavy atom. The van der Waals surface area contributed by atoms with Crippen LogP contribution in [0.3, 0.4) is 0 Å². The number of benzene rings is 2. The highest BCUT2D eigenvalue weighted by Crippen LogP contribution is 2.39. The summed E-state index contributed by atoms with van der Waals surface area (Å²) in [5.41, 5.74) is 4.94. The lowest BCUT2D eigenvalue weighted by atomic mass is 10.1. The van der Waals surface area contributed by atoms with Gasteiger partial charge < -0.3 is 10.6 Å². The highest BCUT2D eigenvalue weighted by atomic mass is 15.2. The Bertz CT molecular complexity index is 1170. The van der Waals surface area contributed by atoms with Crippen molar-refractivity contribution in [2.45, 2.75) is 37.6 Å². The molecule has 2 aromatic heterocycles. The van der Waals surface area contributed by atoms with Gasteiger partial charge in [0.25, 0.3) is 0 Å². The molecule has 29 heavy (non-hydrogen) atoms. The monoisotopic (exact) mass is 382 g/mol. The zero-order valence-electron chi connectivity index (χ0n) is 16.0. The summed E-state index contributed by atoms with van der Waals surface area (Å²) in [5.74, 6) is 2.88. The Morgan fingerprint density at radius 1 is 0.897 bits per heavy atom. The molecule has 2 aliphatic carbocycles. The molecule has 2 heterocycles. The second kappa shape index (κ2) is 6.58. The lowest BCUT2D eigenvalue weighted by molar-refractivity contribution is 0.763. The van der Waals surface area contributed by atoms with Crippen LogP contribution in [0.5, 0.6) is 0 Å². The summed E-state index contributed by atoms with van der Waals surface area (Å²) in [4.78, 5) is 9.56. The molecule has 1 fully saturated rings. The van der Waals surface area contributed by atoms with Gasteiger partial charge in [-0.25, -0.2) is 4.98 Å². The molecule has 0 spiro atoms. The minimum absolute atomic E-state index is 0.313. The van der Waals surface area contributed by atoms with E-state index >= 15 is 0 Å². The Morgan fingerprint density at radius 3 is 2.45 bits per heavy atom. The van der Waals surface area contributed by atoms with Gasteiger partial charge in [0.1, 0.15) is 5.82 Å². The van der Waals surface area contributed by atoms with E-state index in [-0.39, 0.29) is 0 Å². The third kappa shape index (κ3) is 3.20. The van der Waals surface area contributed by atoms with E-state index < -0.39 is 0 Å². The number of anilines is 3. The Kier molecular flexibility index (Phi) is 3.75. The van der Waals surface area contributed by atoms with Crippen molar-refractivity contribution in [2.75, 3.05) is 10.6 Å². The van der Waals surface area contributed by atoms with Crippen LogP contribution in [-0.2, 0) is 12.8 Å². The number of aromatic nitrogens is 4. The number of H-pyrrole nitrogens is 1. The summed E-state index contributed by atoms with van der Waals surface area (Å²) in [6.07, 6.45) is 4.49. The van der Waals surface area contributed by atoms with Gasteiger partial charge in [-0.15, -0.1) is 0 Å². The summed E-state index contributed by atoms with van der Waals surface area (Å²) in [6.45, 7) is 0. The van der Waals surface area contributed by atoms with Crippen LogP contribution < -0.4 is 10.6 Å². The predicted molar refractivity (Wildman–Crippen MR) is 115 cm³/mol. The molecule has 0 amide bonds. The number of para-hydroxylation sites is 1. The minimum atomic E-state index is 0.313. The third-order valence-electron chi connectivity index (χ3n) is 5.85. The molecular formula is C23H22N6. The summed E-state index contributed by atoms with van der Waals surface area (Å²) in [6, 6.07) is 19.1. The van der Waals surface area contributed by atoms with Gasteiger partial charge in [0.15, 0.2) is 5.82 Å². The van der Waals surface area contributed by atoms with E-state index in [2.05, 4.69) is 51.2 Å². The maximum absolute atomic E-state index is 4.80. The second-order valence-corrected chi connectivity index (χ2v) is 8.04. The molecule has 1 saturated carbocycles. The number of nitrogens with one attached hydrogen (secondary N) is 3. The fourth-order valence-corrected chi connectivity index (χ4v) is 4.21. The number of hydrogen-bond acceptors (Lipinski definition) is 5. The van der Waals surface area contributed by atoms with E-state index in [0.29, 0.717) is 17.9 Å². The van der Waals surface area contributed by atoms with E-state index in [1.165, 1.54) is 29.7 Å². The van der Waals surface area contributed by atoms with Gasteiger partial charge in [-0.2, -0.15) is 10.1 Å². The maximum Gasteiger partial charge on any atom is 0.225 e. The molecule has 0 saturated heterocycles. The standard InChI is InChI=1S/C23H22N6/c1-2-6-16-12-17(11-15(16)5-1)24-23-25-19-8-4-3-7-18(19)22(27-23)26-21-13-20(28-29-21)14-9-10-14/h1-8,13-14,17H,9-12H2,(H3,24,25,26,27,28,29). The molecule has 0 unspecified atom stereocenters. The van der Waals surface area contributed by atoms with Crippen molar-refractivity contribution < 1.29 is 0 Å². The first-order chi connectivity index (χ1) is 14.3. The molecule has 6 heteroatoms. The molecule has 0 bridgehead atoms. The SMILES string of the molecule is c1ccc2c(c1)CC(Nc1nc(Nc3cc(C4CC4)[nH]n3)c3ccccc3n1)C2. The molecule has 6 nitrogen and oxygen atoms in total. The first kappa shape index (κ1) is 16.5. The zero-order chi connectivity index (χ0) is 19.2. The molecule has 2 aliphatic rings. The van der Waals surface area contributed by atoms with Crippen LogP contribution in [0.1, 0.15) is 35.6 Å². The molecule has 144 valence electrons. The smallest absolute Gasteiger partial charge is 0.225 e. The van der Waals surface area contributed by atoms with E-state index in [9.17, 15) is 0 Å². The molecule has 4 aromatic rings. The van der Waals surface area contributed by atoms with Crippen LogP contribution in [0.25, 0.3) is 10.9 Å². The number of rotatable bonds is 5. The minimum Gasteiger partial charge on any atom is -0.351 e. The van der Waals surface area contributed by atoms with Crippen molar-refractivity contribution in [1.82, 2.24) is 20.2 Å². The molecule has 6 rings (SSSR count).